The summed E-state index contributed by atoms with van der Waals surface area (Å²) in [6.45, 7) is 0. The van der Waals surface area contributed by atoms with E-state index in [2.05, 4.69) is 295 Å². The average Bonchev–Trinajstić information content (AvgIpc) is 1.67. The van der Waals surface area contributed by atoms with Gasteiger partial charge in [0.15, 0.2) is 0 Å². The monoisotopic (exact) mass is 1130 g/mol. The first-order valence-electron chi connectivity index (χ1n) is 28.1. The van der Waals surface area contributed by atoms with Crippen molar-refractivity contribution in [1.29, 1.82) is 0 Å². The Balaban J connectivity index is 0.931. The molecule has 0 radical (unpaired) electrons. The normalized spacial score (nSPS) is 14.1. The molecule has 3 heterocycles. The van der Waals surface area contributed by atoms with Gasteiger partial charge >= 0.3 is 0 Å². The number of hydrogen-bond donors (Lipinski definition) is 0. The van der Waals surface area contributed by atoms with Gasteiger partial charge in [-0.25, -0.2) is 0 Å². The van der Waals surface area contributed by atoms with E-state index in [4.69, 9.17) is 11.6 Å². The molecule has 15 aromatic rings. The van der Waals surface area contributed by atoms with E-state index in [0.717, 1.165) is 34.1 Å². The van der Waals surface area contributed by atoms with Crippen LogP contribution in [0.4, 0.5) is 34.1 Å². The van der Waals surface area contributed by atoms with Crippen molar-refractivity contribution < 1.29 is 0 Å². The maximum absolute atomic E-state index is 7.31. The molecule has 83 heavy (non-hydrogen) atoms. The van der Waals surface area contributed by atoms with Crippen LogP contribution in [0.1, 0.15) is 22.3 Å². The molecule has 17 rings (SSSR count). The van der Waals surface area contributed by atoms with Gasteiger partial charge in [0.25, 0.3) is 0 Å². The van der Waals surface area contributed by atoms with E-state index in [9.17, 15) is 0 Å². The second kappa shape index (κ2) is 19.2. The van der Waals surface area contributed by atoms with Crippen LogP contribution in [0.2, 0.25) is 5.02 Å². The molecule has 2 aliphatic rings. The molecule has 0 bridgehead atoms. The molecule has 1 spiro atoms. The Morgan fingerprint density at radius 2 is 0.867 bits per heavy atom. The third-order valence-electron chi connectivity index (χ3n) is 17.2. The van der Waals surface area contributed by atoms with Gasteiger partial charge in [0.1, 0.15) is 0 Å². The number of anilines is 6. The third-order valence-corrected chi connectivity index (χ3v) is 21.0. The number of benzene rings is 13. The smallest absolute Gasteiger partial charge is 0.0737 e. The summed E-state index contributed by atoms with van der Waals surface area (Å²) < 4.78 is 5.07. The summed E-state index contributed by atoms with van der Waals surface area (Å²) in [5, 5.41) is 8.18. The van der Waals surface area contributed by atoms with E-state index >= 15 is 0 Å². The molecule has 390 valence electrons. The van der Waals surface area contributed by atoms with Crippen LogP contribution in [0.25, 0.3) is 84.5 Å². The van der Waals surface area contributed by atoms with Crippen LogP contribution < -0.4 is 9.80 Å². The highest BCUT2D eigenvalue weighted by Crippen LogP contribution is 2.65. The SMILES string of the molecule is Clc1ccc2c(c1)C1(c3ccccc3-c3ccc(N(c4ccccc4)c4ccc(-c5cccc6ccccc56)c5sc6ccccc6c45)cc31)c1cccc(N(c3ccccc3)c3ccc(-c4ccccc4)c4sc5ccccc5c34)c1S2. The van der Waals surface area contributed by atoms with Gasteiger partial charge in [-0.15, -0.1) is 22.7 Å². The Morgan fingerprint density at radius 1 is 0.325 bits per heavy atom. The van der Waals surface area contributed by atoms with E-state index in [1.165, 1.54) is 117 Å². The van der Waals surface area contributed by atoms with Gasteiger partial charge in [-0.2, -0.15) is 0 Å². The van der Waals surface area contributed by atoms with Crippen molar-refractivity contribution in [3.8, 4) is 33.4 Å². The van der Waals surface area contributed by atoms with Crippen molar-refractivity contribution in [2.45, 2.75) is 15.2 Å². The van der Waals surface area contributed by atoms with Crippen molar-refractivity contribution in [2.24, 2.45) is 0 Å². The molecule has 2 aromatic heterocycles. The number of hydrogen-bond acceptors (Lipinski definition) is 5. The molecule has 6 heteroatoms. The van der Waals surface area contributed by atoms with Crippen LogP contribution in [0, 0.1) is 0 Å². The number of para-hydroxylation sites is 2. The van der Waals surface area contributed by atoms with Crippen molar-refractivity contribution in [1.82, 2.24) is 0 Å². The van der Waals surface area contributed by atoms with Gasteiger partial charge in [0.2, 0.25) is 0 Å². The lowest BCUT2D eigenvalue weighted by Crippen LogP contribution is -2.32. The fourth-order valence-corrected chi connectivity index (χ4v) is 17.7. The van der Waals surface area contributed by atoms with Crippen LogP contribution in [-0.2, 0) is 5.41 Å². The van der Waals surface area contributed by atoms with E-state index in [-0.39, 0.29) is 0 Å². The highest BCUT2D eigenvalue weighted by atomic mass is 35.5. The predicted molar refractivity (Wildman–Crippen MR) is 356 cm³/mol. The lowest BCUT2D eigenvalue weighted by atomic mass is 9.67. The zero-order valence-electron chi connectivity index (χ0n) is 44.6. The Morgan fingerprint density at radius 3 is 1.61 bits per heavy atom. The van der Waals surface area contributed by atoms with Crippen molar-refractivity contribution >= 4 is 131 Å². The molecule has 0 fully saturated rings. The summed E-state index contributed by atoms with van der Waals surface area (Å²) in [6, 6.07) is 105. The van der Waals surface area contributed by atoms with Crippen LogP contribution in [0.5, 0.6) is 0 Å². The van der Waals surface area contributed by atoms with Crippen molar-refractivity contribution in [3.63, 3.8) is 0 Å². The molecule has 1 aliphatic carbocycles. The molecule has 1 atom stereocenters. The number of thiophene rings is 2. The molecule has 1 unspecified atom stereocenters. The Hall–Kier alpha value is -9.20. The minimum atomic E-state index is -0.770. The second-order valence-electron chi connectivity index (χ2n) is 21.5. The molecular formula is C77H47ClN2S3. The Bertz CT molecular complexity index is 5100. The van der Waals surface area contributed by atoms with E-state index in [1.54, 1.807) is 0 Å². The summed E-state index contributed by atoms with van der Waals surface area (Å²) in [4.78, 5) is 7.42. The second-order valence-corrected chi connectivity index (χ2v) is 25.1. The maximum atomic E-state index is 7.31. The van der Waals surface area contributed by atoms with Gasteiger partial charge in [-0.1, -0.05) is 224 Å². The van der Waals surface area contributed by atoms with Gasteiger partial charge in [0, 0.05) is 77.8 Å². The minimum Gasteiger partial charge on any atom is -0.310 e. The summed E-state index contributed by atoms with van der Waals surface area (Å²) in [7, 11) is 0. The van der Waals surface area contributed by atoms with Crippen molar-refractivity contribution in [2.75, 3.05) is 9.80 Å². The third kappa shape index (κ3) is 7.35. The van der Waals surface area contributed by atoms with Crippen LogP contribution in [0.15, 0.2) is 295 Å². The maximum Gasteiger partial charge on any atom is 0.0737 e. The van der Waals surface area contributed by atoms with E-state index in [0.29, 0.717) is 5.02 Å². The highest BCUT2D eigenvalue weighted by molar-refractivity contribution is 7.99. The first-order chi connectivity index (χ1) is 41.1. The number of fused-ring (bicyclic) bond motifs is 16. The Kier molecular flexibility index (Phi) is 11.2. The van der Waals surface area contributed by atoms with Crippen molar-refractivity contribution in [3.05, 3.63) is 312 Å². The van der Waals surface area contributed by atoms with E-state index in [1.807, 2.05) is 34.4 Å². The molecule has 1 aliphatic heterocycles. The minimum absolute atomic E-state index is 0.713. The molecule has 2 nitrogen and oxygen atoms in total. The lowest BCUT2D eigenvalue weighted by Gasteiger charge is -2.42. The summed E-state index contributed by atoms with van der Waals surface area (Å²) >= 11 is 12.9. The van der Waals surface area contributed by atoms with Gasteiger partial charge in [-0.05, 0) is 146 Å². The van der Waals surface area contributed by atoms with Crippen LogP contribution >= 0.6 is 46.0 Å². The van der Waals surface area contributed by atoms with Crippen LogP contribution in [-0.4, -0.2) is 0 Å². The first kappa shape index (κ1) is 48.5. The average molecular weight is 1130 g/mol. The first-order valence-corrected chi connectivity index (χ1v) is 30.9. The lowest BCUT2D eigenvalue weighted by molar-refractivity contribution is 0.722. The fraction of sp³-hybridized carbons (Fsp3) is 0.0130. The number of nitrogens with zero attached hydrogens (tertiary/aromatic N) is 2. The zero-order chi connectivity index (χ0) is 54.8. The molecule has 13 aromatic carbocycles. The molecular weight excluding hydrogens is 1080 g/mol. The number of halogens is 1. The zero-order valence-corrected chi connectivity index (χ0v) is 47.8. The Labute approximate surface area is 498 Å². The molecule has 0 saturated carbocycles. The number of rotatable bonds is 8. The molecule has 0 saturated heterocycles. The largest absolute Gasteiger partial charge is 0.310 e. The van der Waals surface area contributed by atoms with E-state index < -0.39 is 5.41 Å². The molecule has 0 amide bonds. The predicted octanol–water partition coefficient (Wildman–Crippen LogP) is 23.3. The molecule has 0 N–H and O–H groups in total. The quantitative estimate of drug-likeness (QED) is 0.150. The van der Waals surface area contributed by atoms with Crippen LogP contribution in [0.3, 0.4) is 0 Å². The highest BCUT2D eigenvalue weighted by Gasteiger charge is 2.51. The van der Waals surface area contributed by atoms with Gasteiger partial charge < -0.3 is 9.80 Å². The van der Waals surface area contributed by atoms with Gasteiger partial charge in [0.05, 0.1) is 22.5 Å². The summed E-state index contributed by atoms with van der Waals surface area (Å²) in [5.41, 5.74) is 18.1. The summed E-state index contributed by atoms with van der Waals surface area (Å²) in [5.74, 6) is 0. The topological polar surface area (TPSA) is 6.48 Å². The summed E-state index contributed by atoms with van der Waals surface area (Å²) in [6.07, 6.45) is 0. The standard InChI is InChI=1S/C77H47ClN2S3/c78-50-38-45-71-65(46-50)77(63-34-19-35-68(76(63)83-71)80(52-26-8-3-9-27-52)67-43-41-55(49-20-4-1-5-21-49)74-73(67)61-31-14-16-36-69(61)81-74)62-33-15-12-29-57(62)58-40-39-53(47-64(58)77)79(51-24-6-2-7-25-51)66-44-42-59(56-32-18-23-48-22-10-11-28-54(48)56)75-72(66)60-30-13-17-37-70(60)82-75/h1-47H. The van der Waals surface area contributed by atoms with Gasteiger partial charge in [-0.3, -0.25) is 0 Å². The fourth-order valence-electron chi connectivity index (χ4n) is 13.7.